The van der Waals surface area contributed by atoms with Gasteiger partial charge in [0.2, 0.25) is 17.8 Å². The van der Waals surface area contributed by atoms with E-state index in [9.17, 15) is 0 Å². The Balaban J connectivity index is 1.55. The van der Waals surface area contributed by atoms with Gasteiger partial charge in [0, 0.05) is 37.8 Å². The van der Waals surface area contributed by atoms with Crippen molar-refractivity contribution in [3.63, 3.8) is 0 Å². The SMILES string of the molecule is COc1ccc(/C=N\Nc2nc(N3CCCCC3)nc(N3CCCCC3)n2)c(OC)c1. The highest BCUT2D eigenvalue weighted by Crippen LogP contribution is 2.24. The van der Waals surface area contributed by atoms with Gasteiger partial charge in [0.1, 0.15) is 11.5 Å². The molecule has 0 atom stereocenters. The summed E-state index contributed by atoms with van der Waals surface area (Å²) in [6.45, 7) is 3.93. The molecular formula is C22H31N7O2. The van der Waals surface area contributed by atoms with Crippen LogP contribution in [0.15, 0.2) is 23.3 Å². The van der Waals surface area contributed by atoms with E-state index in [0.717, 1.165) is 49.4 Å². The van der Waals surface area contributed by atoms with Gasteiger partial charge in [-0.1, -0.05) is 0 Å². The van der Waals surface area contributed by atoms with Crippen LogP contribution in [0.5, 0.6) is 11.5 Å². The molecule has 2 fully saturated rings. The predicted octanol–water partition coefficient (Wildman–Crippen LogP) is 3.32. The number of hydrogen-bond donors (Lipinski definition) is 1. The lowest BCUT2D eigenvalue weighted by Gasteiger charge is -2.30. The van der Waals surface area contributed by atoms with E-state index in [1.165, 1.54) is 38.5 Å². The second-order valence-electron chi connectivity index (χ2n) is 7.83. The third-order valence-corrected chi connectivity index (χ3v) is 5.70. The number of nitrogens with zero attached hydrogens (tertiary/aromatic N) is 6. The first kappa shape index (κ1) is 21.1. The monoisotopic (exact) mass is 425 g/mol. The van der Waals surface area contributed by atoms with Crippen molar-refractivity contribution in [3.8, 4) is 11.5 Å². The van der Waals surface area contributed by atoms with Gasteiger partial charge >= 0.3 is 0 Å². The van der Waals surface area contributed by atoms with Gasteiger partial charge in [-0.3, -0.25) is 0 Å². The third-order valence-electron chi connectivity index (χ3n) is 5.70. The number of benzene rings is 1. The predicted molar refractivity (Wildman–Crippen MR) is 123 cm³/mol. The van der Waals surface area contributed by atoms with Crippen molar-refractivity contribution in [3.05, 3.63) is 23.8 Å². The molecule has 0 bridgehead atoms. The molecule has 9 heteroatoms. The van der Waals surface area contributed by atoms with Crippen molar-refractivity contribution >= 4 is 24.1 Å². The zero-order chi connectivity index (χ0) is 21.5. The first-order chi connectivity index (χ1) is 15.3. The van der Waals surface area contributed by atoms with Crippen LogP contribution in [0.25, 0.3) is 0 Å². The molecule has 3 heterocycles. The zero-order valence-electron chi connectivity index (χ0n) is 18.4. The van der Waals surface area contributed by atoms with E-state index >= 15 is 0 Å². The molecule has 1 N–H and O–H groups in total. The summed E-state index contributed by atoms with van der Waals surface area (Å²) in [6, 6.07) is 5.59. The maximum atomic E-state index is 5.43. The fourth-order valence-corrected chi connectivity index (χ4v) is 3.96. The smallest absolute Gasteiger partial charge is 0.250 e. The fourth-order valence-electron chi connectivity index (χ4n) is 3.96. The second kappa shape index (κ2) is 10.3. The quantitative estimate of drug-likeness (QED) is 0.534. The van der Waals surface area contributed by atoms with Crippen molar-refractivity contribution in [2.45, 2.75) is 38.5 Å². The lowest BCUT2D eigenvalue weighted by molar-refractivity contribution is 0.394. The Morgan fingerprint density at radius 1 is 0.839 bits per heavy atom. The summed E-state index contributed by atoms with van der Waals surface area (Å²) in [5.74, 6) is 3.34. The Hall–Kier alpha value is -3.10. The number of hydrazone groups is 1. The van der Waals surface area contributed by atoms with Crippen molar-refractivity contribution in [2.75, 3.05) is 55.6 Å². The third kappa shape index (κ3) is 5.34. The Kier molecular flexibility index (Phi) is 7.01. The molecule has 0 spiro atoms. The van der Waals surface area contributed by atoms with Crippen molar-refractivity contribution < 1.29 is 9.47 Å². The molecule has 9 nitrogen and oxygen atoms in total. The number of ether oxygens (including phenoxy) is 2. The molecule has 1 aromatic heterocycles. The number of methoxy groups -OCH3 is 2. The lowest BCUT2D eigenvalue weighted by Crippen LogP contribution is -2.34. The molecule has 1 aromatic carbocycles. The minimum absolute atomic E-state index is 0.458. The lowest BCUT2D eigenvalue weighted by atomic mass is 10.1. The Morgan fingerprint density at radius 2 is 1.45 bits per heavy atom. The highest BCUT2D eigenvalue weighted by molar-refractivity contribution is 5.84. The highest BCUT2D eigenvalue weighted by Gasteiger charge is 2.20. The molecular weight excluding hydrogens is 394 g/mol. The summed E-state index contributed by atoms with van der Waals surface area (Å²) in [5.41, 5.74) is 3.83. The summed E-state index contributed by atoms with van der Waals surface area (Å²) in [7, 11) is 3.26. The normalized spacial score (nSPS) is 17.1. The van der Waals surface area contributed by atoms with Crippen LogP contribution < -0.4 is 24.7 Å². The molecule has 0 amide bonds. The van der Waals surface area contributed by atoms with Crippen LogP contribution in [0.4, 0.5) is 17.8 Å². The summed E-state index contributed by atoms with van der Waals surface area (Å²) in [6.07, 6.45) is 8.90. The Labute approximate surface area is 183 Å². The molecule has 2 aliphatic rings. The minimum Gasteiger partial charge on any atom is -0.497 e. The van der Waals surface area contributed by atoms with E-state index in [1.807, 2.05) is 18.2 Å². The number of hydrogen-bond acceptors (Lipinski definition) is 9. The number of nitrogens with one attached hydrogen (secondary N) is 1. The van der Waals surface area contributed by atoms with Gasteiger partial charge in [0.15, 0.2) is 0 Å². The van der Waals surface area contributed by atoms with Gasteiger partial charge < -0.3 is 19.3 Å². The molecule has 0 saturated carbocycles. The van der Waals surface area contributed by atoms with E-state index in [-0.39, 0.29) is 0 Å². The van der Waals surface area contributed by atoms with Crippen LogP contribution in [0.1, 0.15) is 44.1 Å². The van der Waals surface area contributed by atoms with Crippen LogP contribution in [-0.2, 0) is 0 Å². The van der Waals surface area contributed by atoms with E-state index < -0.39 is 0 Å². The topological polar surface area (TPSA) is 88.0 Å². The average molecular weight is 426 g/mol. The maximum Gasteiger partial charge on any atom is 0.250 e. The molecule has 31 heavy (non-hydrogen) atoms. The Bertz CT molecular complexity index is 857. The number of anilines is 3. The van der Waals surface area contributed by atoms with Gasteiger partial charge in [-0.2, -0.15) is 20.1 Å². The first-order valence-corrected chi connectivity index (χ1v) is 11.0. The summed E-state index contributed by atoms with van der Waals surface area (Å²) >= 11 is 0. The maximum absolute atomic E-state index is 5.43. The summed E-state index contributed by atoms with van der Waals surface area (Å²) < 4.78 is 10.7. The molecule has 0 radical (unpaired) electrons. The standard InChI is InChI=1S/C22H31N7O2/c1-30-18-10-9-17(19(15-18)31-2)16-23-27-20-24-21(28-11-5-3-6-12-28)26-22(25-20)29-13-7-4-8-14-29/h9-10,15-16H,3-8,11-14H2,1-2H3,(H,24,25,26,27)/b23-16-. The van der Waals surface area contributed by atoms with E-state index in [0.29, 0.717) is 11.7 Å². The van der Waals surface area contributed by atoms with Gasteiger partial charge in [0.25, 0.3) is 0 Å². The molecule has 0 unspecified atom stereocenters. The van der Waals surface area contributed by atoms with Crippen LogP contribution >= 0.6 is 0 Å². The van der Waals surface area contributed by atoms with Crippen LogP contribution in [0.3, 0.4) is 0 Å². The van der Waals surface area contributed by atoms with Crippen LogP contribution in [0, 0.1) is 0 Å². The first-order valence-electron chi connectivity index (χ1n) is 11.0. The molecule has 0 aliphatic carbocycles. The second-order valence-corrected chi connectivity index (χ2v) is 7.83. The largest absolute Gasteiger partial charge is 0.497 e. The number of piperidine rings is 2. The summed E-state index contributed by atoms with van der Waals surface area (Å²) in [5, 5.41) is 4.36. The number of aromatic nitrogens is 3. The average Bonchev–Trinajstić information content (AvgIpc) is 2.85. The van der Waals surface area contributed by atoms with Gasteiger partial charge in [-0.25, -0.2) is 5.43 Å². The van der Waals surface area contributed by atoms with Gasteiger partial charge in [0.05, 0.1) is 20.4 Å². The number of rotatable bonds is 7. The minimum atomic E-state index is 0.458. The molecule has 2 aliphatic heterocycles. The van der Waals surface area contributed by atoms with Crippen LogP contribution in [-0.4, -0.2) is 61.6 Å². The zero-order valence-corrected chi connectivity index (χ0v) is 18.4. The van der Waals surface area contributed by atoms with Crippen molar-refractivity contribution in [1.29, 1.82) is 0 Å². The molecule has 2 saturated heterocycles. The molecule has 2 aromatic rings. The van der Waals surface area contributed by atoms with Crippen LogP contribution in [0.2, 0.25) is 0 Å². The van der Waals surface area contributed by atoms with E-state index in [2.05, 4.69) is 30.3 Å². The summed E-state index contributed by atoms with van der Waals surface area (Å²) in [4.78, 5) is 18.6. The highest BCUT2D eigenvalue weighted by atomic mass is 16.5. The van der Waals surface area contributed by atoms with Gasteiger partial charge in [-0.05, 0) is 50.7 Å². The Morgan fingerprint density at radius 3 is 2.00 bits per heavy atom. The van der Waals surface area contributed by atoms with Crippen molar-refractivity contribution in [1.82, 2.24) is 15.0 Å². The molecule has 4 rings (SSSR count). The molecule has 166 valence electrons. The van der Waals surface area contributed by atoms with E-state index in [4.69, 9.17) is 14.5 Å². The fraction of sp³-hybridized carbons (Fsp3) is 0.545. The van der Waals surface area contributed by atoms with E-state index in [1.54, 1.807) is 20.4 Å². The van der Waals surface area contributed by atoms with Gasteiger partial charge in [-0.15, -0.1) is 0 Å². The van der Waals surface area contributed by atoms with Crippen molar-refractivity contribution in [2.24, 2.45) is 5.10 Å².